The third-order valence-electron chi connectivity index (χ3n) is 7.37. The number of anilines is 3. The van der Waals surface area contributed by atoms with E-state index < -0.39 is 6.10 Å². The molecule has 3 aromatic heterocycles. The standard InChI is InChI=1S/C26H32N8O2/c1-16(35)21-13-18-14-28-26(32-23(18)24(30-21)33-10-3-2-4-11-33)31-22-6-5-17-15-34(12-8-19(17)29-22)25(36)20-7-9-27-20/h5-6,13-14,16,20,27,35H,2-4,7-12,15H2,1H3,(H,28,29,31,32)/t16-,20-/m1/s1. The van der Waals surface area contributed by atoms with Crippen LogP contribution in [0.3, 0.4) is 0 Å². The fraction of sp³-hybridized carbons (Fsp3) is 0.500. The number of amides is 1. The molecule has 6 heterocycles. The Balaban J connectivity index is 1.25. The van der Waals surface area contributed by atoms with Crippen LogP contribution in [0.15, 0.2) is 24.4 Å². The lowest BCUT2D eigenvalue weighted by Gasteiger charge is -2.35. The first kappa shape index (κ1) is 23.1. The van der Waals surface area contributed by atoms with Gasteiger partial charge < -0.3 is 25.5 Å². The van der Waals surface area contributed by atoms with Gasteiger partial charge in [0.2, 0.25) is 11.9 Å². The van der Waals surface area contributed by atoms with Gasteiger partial charge in [0.05, 0.1) is 17.8 Å². The molecular weight excluding hydrogens is 456 g/mol. The summed E-state index contributed by atoms with van der Waals surface area (Å²) >= 11 is 0. The molecule has 0 spiro atoms. The quantitative estimate of drug-likeness (QED) is 0.497. The molecule has 3 N–H and O–H groups in total. The van der Waals surface area contributed by atoms with Crippen LogP contribution in [0.25, 0.3) is 10.9 Å². The molecule has 3 aromatic rings. The summed E-state index contributed by atoms with van der Waals surface area (Å²) in [5, 5.41) is 17.5. The molecule has 0 radical (unpaired) electrons. The predicted molar refractivity (Wildman–Crippen MR) is 137 cm³/mol. The lowest BCUT2D eigenvalue weighted by molar-refractivity contribution is -0.136. The van der Waals surface area contributed by atoms with E-state index in [0.717, 1.165) is 73.3 Å². The second kappa shape index (κ2) is 9.59. The van der Waals surface area contributed by atoms with Gasteiger partial charge in [0.1, 0.15) is 11.3 Å². The highest BCUT2D eigenvalue weighted by Gasteiger charge is 2.31. The molecule has 2 fully saturated rings. The van der Waals surface area contributed by atoms with Gasteiger partial charge in [-0.2, -0.15) is 0 Å². The van der Waals surface area contributed by atoms with Crippen molar-refractivity contribution >= 4 is 34.4 Å². The summed E-state index contributed by atoms with van der Waals surface area (Å²) < 4.78 is 0. The zero-order valence-electron chi connectivity index (χ0n) is 20.6. The lowest BCUT2D eigenvalue weighted by Crippen LogP contribution is -2.55. The molecule has 10 nitrogen and oxygen atoms in total. The van der Waals surface area contributed by atoms with E-state index in [-0.39, 0.29) is 11.9 Å². The molecule has 0 bridgehead atoms. The highest BCUT2D eigenvalue weighted by atomic mass is 16.3. The number of carbonyl (C=O) groups is 1. The topological polar surface area (TPSA) is 119 Å². The van der Waals surface area contributed by atoms with Gasteiger partial charge >= 0.3 is 0 Å². The van der Waals surface area contributed by atoms with E-state index in [2.05, 4.69) is 20.5 Å². The van der Waals surface area contributed by atoms with Crippen LogP contribution in [0.4, 0.5) is 17.6 Å². The van der Waals surface area contributed by atoms with Gasteiger partial charge in [-0.25, -0.2) is 19.9 Å². The van der Waals surface area contributed by atoms with Crippen LogP contribution in [-0.4, -0.2) is 68.1 Å². The number of aromatic nitrogens is 4. The second-order valence-corrected chi connectivity index (χ2v) is 9.96. The number of fused-ring (bicyclic) bond motifs is 2. The second-order valence-electron chi connectivity index (χ2n) is 9.96. The molecule has 3 aliphatic rings. The molecule has 188 valence electrons. The fourth-order valence-electron chi connectivity index (χ4n) is 5.15. The molecule has 0 saturated carbocycles. The molecule has 0 aliphatic carbocycles. The van der Waals surface area contributed by atoms with Gasteiger partial charge in [-0.3, -0.25) is 4.79 Å². The SMILES string of the molecule is C[C@@H](O)c1cc2cnc(Nc3ccc4c(n3)CCN(C(=O)[C@H]3CCN3)C4)nc2c(N2CCCCC2)n1. The Kier molecular flexibility index (Phi) is 6.14. The zero-order valence-corrected chi connectivity index (χ0v) is 20.6. The van der Waals surface area contributed by atoms with Gasteiger partial charge in [-0.05, 0) is 56.8 Å². The number of rotatable bonds is 5. The Morgan fingerprint density at radius 3 is 2.75 bits per heavy atom. The maximum atomic E-state index is 12.6. The number of aliphatic hydroxyl groups excluding tert-OH is 1. The van der Waals surface area contributed by atoms with Crippen LogP contribution in [0.2, 0.25) is 0 Å². The Bertz CT molecular complexity index is 1290. The summed E-state index contributed by atoms with van der Waals surface area (Å²) in [7, 11) is 0. The predicted octanol–water partition coefficient (Wildman–Crippen LogP) is 2.45. The van der Waals surface area contributed by atoms with Crippen LogP contribution in [0, 0.1) is 0 Å². The highest BCUT2D eigenvalue weighted by Crippen LogP contribution is 2.30. The molecule has 3 aliphatic heterocycles. The largest absolute Gasteiger partial charge is 0.387 e. The summed E-state index contributed by atoms with van der Waals surface area (Å²) in [5.74, 6) is 2.14. The van der Waals surface area contributed by atoms with Crippen molar-refractivity contribution in [1.82, 2.24) is 30.2 Å². The molecule has 0 aromatic carbocycles. The van der Waals surface area contributed by atoms with Crippen molar-refractivity contribution in [2.75, 3.05) is 36.4 Å². The number of nitrogens with zero attached hydrogens (tertiary/aromatic N) is 6. The van der Waals surface area contributed by atoms with Gasteiger partial charge in [0.15, 0.2) is 5.82 Å². The van der Waals surface area contributed by atoms with Crippen molar-refractivity contribution in [3.05, 3.63) is 41.3 Å². The number of carbonyl (C=O) groups excluding carboxylic acids is 1. The summed E-state index contributed by atoms with van der Waals surface area (Å²) in [6, 6.07) is 5.80. The van der Waals surface area contributed by atoms with Crippen LogP contribution < -0.4 is 15.5 Å². The van der Waals surface area contributed by atoms with E-state index >= 15 is 0 Å². The van der Waals surface area contributed by atoms with Crippen molar-refractivity contribution in [3.63, 3.8) is 0 Å². The van der Waals surface area contributed by atoms with Crippen molar-refractivity contribution in [2.24, 2.45) is 0 Å². The highest BCUT2D eigenvalue weighted by molar-refractivity contribution is 5.89. The average Bonchev–Trinajstić information content (AvgIpc) is 2.87. The smallest absolute Gasteiger partial charge is 0.240 e. The number of hydrogen-bond donors (Lipinski definition) is 3. The monoisotopic (exact) mass is 488 g/mol. The zero-order chi connectivity index (χ0) is 24.6. The maximum Gasteiger partial charge on any atom is 0.240 e. The molecular formula is C26H32N8O2. The number of nitrogens with one attached hydrogen (secondary N) is 2. The number of piperidine rings is 1. The summed E-state index contributed by atoms with van der Waals surface area (Å²) in [6.07, 6.45) is 6.24. The molecule has 10 heteroatoms. The van der Waals surface area contributed by atoms with E-state index in [0.29, 0.717) is 30.5 Å². The Morgan fingerprint density at radius 2 is 2.00 bits per heavy atom. The maximum absolute atomic E-state index is 12.6. The van der Waals surface area contributed by atoms with Gasteiger partial charge in [0, 0.05) is 49.9 Å². The van der Waals surface area contributed by atoms with Crippen molar-refractivity contribution < 1.29 is 9.90 Å². The van der Waals surface area contributed by atoms with Crippen LogP contribution in [-0.2, 0) is 17.8 Å². The van der Waals surface area contributed by atoms with Crippen molar-refractivity contribution in [1.29, 1.82) is 0 Å². The summed E-state index contributed by atoms with van der Waals surface area (Å²) in [4.78, 5) is 35.7. The van der Waals surface area contributed by atoms with Crippen molar-refractivity contribution in [3.8, 4) is 0 Å². The normalized spacial score (nSPS) is 20.6. The minimum Gasteiger partial charge on any atom is -0.387 e. The van der Waals surface area contributed by atoms with Gasteiger partial charge in [-0.1, -0.05) is 6.07 Å². The first-order valence-electron chi connectivity index (χ1n) is 12.9. The lowest BCUT2D eigenvalue weighted by atomic mass is 10.0. The summed E-state index contributed by atoms with van der Waals surface area (Å²) in [5.41, 5.74) is 3.49. The molecule has 2 saturated heterocycles. The number of pyridine rings is 2. The van der Waals surface area contributed by atoms with E-state index in [9.17, 15) is 9.90 Å². The molecule has 0 unspecified atom stereocenters. The molecule has 1 amide bonds. The van der Waals surface area contributed by atoms with E-state index in [4.69, 9.17) is 15.0 Å². The Labute approximate surface area is 210 Å². The Morgan fingerprint density at radius 1 is 1.17 bits per heavy atom. The van der Waals surface area contributed by atoms with Crippen LogP contribution in [0.5, 0.6) is 0 Å². The van der Waals surface area contributed by atoms with E-state index in [1.807, 2.05) is 23.1 Å². The van der Waals surface area contributed by atoms with E-state index in [1.165, 1.54) is 6.42 Å². The molecule has 2 atom stereocenters. The number of aliphatic hydroxyl groups is 1. The van der Waals surface area contributed by atoms with Crippen molar-refractivity contribution in [2.45, 2.75) is 57.7 Å². The van der Waals surface area contributed by atoms with Crippen LogP contribution >= 0.6 is 0 Å². The fourth-order valence-corrected chi connectivity index (χ4v) is 5.15. The molecule has 6 rings (SSSR count). The van der Waals surface area contributed by atoms with Gasteiger partial charge in [0.25, 0.3) is 0 Å². The third kappa shape index (κ3) is 4.46. The first-order valence-corrected chi connectivity index (χ1v) is 12.9. The average molecular weight is 489 g/mol. The minimum absolute atomic E-state index is 0.0218. The van der Waals surface area contributed by atoms with Crippen LogP contribution in [0.1, 0.15) is 55.7 Å². The van der Waals surface area contributed by atoms with E-state index in [1.54, 1.807) is 13.1 Å². The third-order valence-corrected chi connectivity index (χ3v) is 7.37. The number of hydrogen-bond acceptors (Lipinski definition) is 9. The van der Waals surface area contributed by atoms with Gasteiger partial charge in [-0.15, -0.1) is 0 Å². The Hall–Kier alpha value is -3.37. The summed E-state index contributed by atoms with van der Waals surface area (Å²) in [6.45, 7) is 5.80. The first-order chi connectivity index (χ1) is 17.5. The minimum atomic E-state index is -0.661. The molecule has 36 heavy (non-hydrogen) atoms.